The Balaban J connectivity index is 0.00000280. The van der Waals surface area contributed by atoms with Crippen molar-refractivity contribution in [3.8, 4) is 17.6 Å². The zero-order chi connectivity index (χ0) is 19.4. The predicted molar refractivity (Wildman–Crippen MR) is 118 cm³/mol. The van der Waals surface area contributed by atoms with Crippen LogP contribution in [0.25, 0.3) is 22.7 Å². The van der Waals surface area contributed by atoms with Crippen LogP contribution in [0, 0.1) is 17.2 Å². The summed E-state index contributed by atoms with van der Waals surface area (Å²) in [5.41, 5.74) is 2.97. The normalized spacial score (nSPS) is 11.2. The van der Waals surface area contributed by atoms with Crippen LogP contribution in [0.5, 0.6) is 11.5 Å². The number of imidazole rings is 1. The van der Waals surface area contributed by atoms with Crippen molar-refractivity contribution >= 4 is 51.0 Å². The van der Waals surface area contributed by atoms with Crippen LogP contribution in [0.4, 0.5) is 0 Å². The van der Waals surface area contributed by atoms with Crippen molar-refractivity contribution in [1.29, 1.82) is 5.26 Å². The molecule has 0 aliphatic rings. The molecule has 0 bridgehead atoms. The van der Waals surface area contributed by atoms with Crippen LogP contribution in [0.3, 0.4) is 0 Å². The fraction of sp³-hybridized carbons (Fsp3) is 0.238. The van der Waals surface area contributed by atoms with E-state index >= 15 is 0 Å². The van der Waals surface area contributed by atoms with E-state index in [1.807, 2.05) is 36.4 Å². The van der Waals surface area contributed by atoms with Crippen LogP contribution in [-0.4, -0.2) is 23.7 Å². The van der Waals surface area contributed by atoms with E-state index in [-0.39, 0.29) is 12.4 Å². The third-order valence-electron chi connectivity index (χ3n) is 3.89. The molecule has 2 aromatic carbocycles. The Morgan fingerprint density at radius 2 is 2.07 bits per heavy atom. The highest BCUT2D eigenvalue weighted by molar-refractivity contribution is 9.10. The van der Waals surface area contributed by atoms with Gasteiger partial charge in [-0.3, -0.25) is 0 Å². The van der Waals surface area contributed by atoms with E-state index in [9.17, 15) is 5.26 Å². The number of hydrogen-bond acceptors (Lipinski definition) is 4. The van der Waals surface area contributed by atoms with Gasteiger partial charge in [-0.2, -0.15) is 5.26 Å². The third-order valence-corrected chi connectivity index (χ3v) is 4.48. The molecule has 1 aromatic heterocycles. The molecular weight excluding hydrogens is 442 g/mol. The van der Waals surface area contributed by atoms with Gasteiger partial charge in [-0.25, -0.2) is 4.98 Å². The fourth-order valence-electron chi connectivity index (χ4n) is 2.61. The van der Waals surface area contributed by atoms with Crippen LogP contribution < -0.4 is 9.47 Å². The number of fused-ring (bicyclic) bond motifs is 1. The van der Waals surface area contributed by atoms with Gasteiger partial charge in [0.15, 0.2) is 11.5 Å². The summed E-state index contributed by atoms with van der Waals surface area (Å²) >= 11 is 3.54. The topological polar surface area (TPSA) is 70.9 Å². The molecule has 146 valence electrons. The van der Waals surface area contributed by atoms with Gasteiger partial charge in [-0.15, -0.1) is 12.4 Å². The summed E-state index contributed by atoms with van der Waals surface area (Å²) in [5, 5.41) is 9.62. The van der Waals surface area contributed by atoms with Gasteiger partial charge in [0.05, 0.1) is 34.8 Å². The number of H-pyrrole nitrogens is 1. The number of nitriles is 1. The van der Waals surface area contributed by atoms with Crippen molar-refractivity contribution in [1.82, 2.24) is 9.97 Å². The summed E-state index contributed by atoms with van der Waals surface area (Å²) in [4.78, 5) is 7.68. The number of halogens is 2. The Labute approximate surface area is 178 Å². The van der Waals surface area contributed by atoms with Gasteiger partial charge in [-0.05, 0) is 57.8 Å². The highest BCUT2D eigenvalue weighted by atomic mass is 79.9. The second-order valence-corrected chi connectivity index (χ2v) is 7.37. The number of para-hydroxylation sites is 2. The first-order valence-corrected chi connectivity index (χ1v) is 9.38. The molecular formula is C21H21BrClN3O2. The fourth-order valence-corrected chi connectivity index (χ4v) is 3.19. The largest absolute Gasteiger partial charge is 0.493 e. The number of hydrogen-bond donors (Lipinski definition) is 1. The lowest BCUT2D eigenvalue weighted by Crippen LogP contribution is -2.06. The lowest BCUT2D eigenvalue weighted by molar-refractivity contribution is 0.255. The van der Waals surface area contributed by atoms with Gasteiger partial charge < -0.3 is 14.5 Å². The van der Waals surface area contributed by atoms with Crippen LogP contribution in [0.1, 0.15) is 25.2 Å². The third kappa shape index (κ3) is 4.86. The summed E-state index contributed by atoms with van der Waals surface area (Å²) < 4.78 is 12.1. The van der Waals surface area contributed by atoms with Gasteiger partial charge >= 0.3 is 0 Å². The first-order chi connectivity index (χ1) is 13.0. The molecule has 0 aliphatic heterocycles. The standard InChI is InChI=1S/C21H20BrN3O2.ClH/c1-13(2)12-27-20-16(22)9-14(10-19(20)26-3)8-15(11-23)21-24-17-6-4-5-7-18(17)25-21;/h4-10,13H,12H2,1-3H3,(H,24,25);1H. The van der Waals surface area contributed by atoms with Crippen molar-refractivity contribution in [2.24, 2.45) is 5.92 Å². The Morgan fingerprint density at radius 3 is 2.71 bits per heavy atom. The van der Waals surface area contributed by atoms with E-state index in [0.29, 0.717) is 35.4 Å². The molecule has 0 aliphatic carbocycles. The molecule has 0 atom stereocenters. The van der Waals surface area contributed by atoms with E-state index in [1.54, 1.807) is 13.2 Å². The smallest absolute Gasteiger partial charge is 0.175 e. The maximum absolute atomic E-state index is 9.62. The second kappa shape index (κ2) is 9.63. The molecule has 0 amide bonds. The number of rotatable bonds is 6. The predicted octanol–water partition coefficient (Wildman–Crippen LogP) is 5.85. The summed E-state index contributed by atoms with van der Waals surface area (Å²) in [6.07, 6.45) is 1.78. The lowest BCUT2D eigenvalue weighted by atomic mass is 10.1. The molecule has 0 radical (unpaired) electrons. The summed E-state index contributed by atoms with van der Waals surface area (Å²) in [6, 6.07) is 13.7. The zero-order valence-electron chi connectivity index (χ0n) is 15.8. The maximum Gasteiger partial charge on any atom is 0.175 e. The molecule has 28 heavy (non-hydrogen) atoms. The summed E-state index contributed by atoms with van der Waals surface area (Å²) in [5.74, 6) is 2.21. The van der Waals surface area contributed by atoms with Gasteiger partial charge in [0.25, 0.3) is 0 Å². The molecule has 3 rings (SSSR count). The number of allylic oxidation sites excluding steroid dienone is 1. The van der Waals surface area contributed by atoms with Crippen molar-refractivity contribution in [2.75, 3.05) is 13.7 Å². The van der Waals surface area contributed by atoms with E-state index in [0.717, 1.165) is 21.1 Å². The first-order valence-electron chi connectivity index (χ1n) is 8.59. The minimum Gasteiger partial charge on any atom is -0.493 e. The van der Waals surface area contributed by atoms with Gasteiger partial charge in [0, 0.05) is 0 Å². The second-order valence-electron chi connectivity index (χ2n) is 6.51. The van der Waals surface area contributed by atoms with E-state index < -0.39 is 0 Å². The average Bonchev–Trinajstić information content (AvgIpc) is 3.08. The zero-order valence-corrected chi connectivity index (χ0v) is 18.2. The molecule has 1 heterocycles. The van der Waals surface area contributed by atoms with Gasteiger partial charge in [-0.1, -0.05) is 26.0 Å². The SMILES string of the molecule is COc1cc(C=C(C#N)c2nc3ccccc3[nH]2)cc(Br)c1OCC(C)C.Cl. The van der Waals surface area contributed by atoms with Crippen molar-refractivity contribution < 1.29 is 9.47 Å². The van der Waals surface area contributed by atoms with Crippen molar-refractivity contribution in [3.63, 3.8) is 0 Å². The van der Waals surface area contributed by atoms with E-state index in [1.165, 1.54) is 0 Å². The number of aromatic amines is 1. The monoisotopic (exact) mass is 461 g/mol. The Hall–Kier alpha value is -2.49. The number of methoxy groups -OCH3 is 1. The molecule has 3 aromatic rings. The Morgan fingerprint density at radius 1 is 1.32 bits per heavy atom. The molecule has 1 N–H and O–H groups in total. The molecule has 0 saturated carbocycles. The van der Waals surface area contributed by atoms with Gasteiger partial charge in [0.1, 0.15) is 11.9 Å². The number of nitrogens with zero attached hydrogens (tertiary/aromatic N) is 2. The average molecular weight is 463 g/mol. The van der Waals surface area contributed by atoms with Crippen LogP contribution in [0.2, 0.25) is 0 Å². The summed E-state index contributed by atoms with van der Waals surface area (Å²) in [6.45, 7) is 4.76. The van der Waals surface area contributed by atoms with Crippen molar-refractivity contribution in [3.05, 3.63) is 52.3 Å². The van der Waals surface area contributed by atoms with Gasteiger partial charge in [0.2, 0.25) is 0 Å². The molecule has 0 fully saturated rings. The highest BCUT2D eigenvalue weighted by Gasteiger charge is 2.13. The van der Waals surface area contributed by atoms with Crippen molar-refractivity contribution in [2.45, 2.75) is 13.8 Å². The molecule has 0 spiro atoms. The number of ether oxygens (including phenoxy) is 2. The van der Waals surface area contributed by atoms with E-state index in [4.69, 9.17) is 9.47 Å². The first kappa shape index (κ1) is 21.8. The maximum atomic E-state index is 9.62. The lowest BCUT2D eigenvalue weighted by Gasteiger charge is -2.15. The Kier molecular flexibility index (Phi) is 7.50. The molecule has 7 heteroatoms. The van der Waals surface area contributed by atoms with Crippen LogP contribution >= 0.6 is 28.3 Å². The minimum absolute atomic E-state index is 0. The quantitative estimate of drug-likeness (QED) is 0.466. The Bertz CT molecular complexity index is 1000. The highest BCUT2D eigenvalue weighted by Crippen LogP contribution is 2.37. The van der Waals surface area contributed by atoms with Crippen LogP contribution in [0.15, 0.2) is 40.9 Å². The number of nitrogens with one attached hydrogen (secondary N) is 1. The molecule has 5 nitrogen and oxygen atoms in total. The summed E-state index contributed by atoms with van der Waals surface area (Å²) in [7, 11) is 1.60. The van der Waals surface area contributed by atoms with Crippen LogP contribution in [-0.2, 0) is 0 Å². The molecule has 0 unspecified atom stereocenters. The minimum atomic E-state index is 0. The number of aromatic nitrogens is 2. The number of benzene rings is 2. The molecule has 0 saturated heterocycles. The van der Waals surface area contributed by atoms with E-state index in [2.05, 4.69) is 45.8 Å².